The summed E-state index contributed by atoms with van der Waals surface area (Å²) in [4.78, 5) is 14.8. The number of carbonyl (C=O) groups is 1. The highest BCUT2D eigenvalue weighted by Gasteiger charge is 2.10. The maximum absolute atomic E-state index is 10.6. The van der Waals surface area contributed by atoms with E-state index in [1.807, 2.05) is 35.0 Å². The van der Waals surface area contributed by atoms with Gasteiger partial charge in [0.2, 0.25) is 0 Å². The first-order valence-electron chi connectivity index (χ1n) is 5.67. The quantitative estimate of drug-likeness (QED) is 0.821. The Morgan fingerprint density at radius 2 is 2.26 bits per heavy atom. The number of hydrogen-bond acceptors (Lipinski definition) is 4. The van der Waals surface area contributed by atoms with Crippen LogP contribution in [0.25, 0.3) is 5.69 Å². The maximum Gasteiger partial charge on any atom is 0.313 e. The van der Waals surface area contributed by atoms with E-state index in [9.17, 15) is 4.79 Å². The number of rotatable bonds is 6. The highest BCUT2D eigenvalue weighted by molar-refractivity contribution is 7.99. The standard InChI is InChI=1S/C13H14N2O3S/c1-18-8-10-4-2-3-5-11(10)15-7-6-14-13(15)19-9-12(16)17/h2-7H,8-9H2,1H3,(H,16,17). The van der Waals surface area contributed by atoms with E-state index in [2.05, 4.69) is 4.98 Å². The highest BCUT2D eigenvalue weighted by Crippen LogP contribution is 2.23. The van der Waals surface area contributed by atoms with E-state index >= 15 is 0 Å². The maximum atomic E-state index is 10.6. The molecule has 1 aromatic carbocycles. The van der Waals surface area contributed by atoms with Crippen molar-refractivity contribution in [2.24, 2.45) is 0 Å². The summed E-state index contributed by atoms with van der Waals surface area (Å²) >= 11 is 1.19. The minimum atomic E-state index is -0.857. The van der Waals surface area contributed by atoms with Gasteiger partial charge in [0.1, 0.15) is 0 Å². The Bertz CT molecular complexity index is 569. The molecule has 0 atom stereocenters. The second kappa shape index (κ2) is 6.40. The van der Waals surface area contributed by atoms with Crippen LogP contribution in [0.1, 0.15) is 5.56 Å². The van der Waals surface area contributed by atoms with Gasteiger partial charge in [-0.05, 0) is 6.07 Å². The van der Waals surface area contributed by atoms with Crippen LogP contribution >= 0.6 is 11.8 Å². The lowest BCUT2D eigenvalue weighted by molar-refractivity contribution is -0.133. The molecule has 0 saturated heterocycles. The van der Waals surface area contributed by atoms with E-state index in [1.165, 1.54) is 11.8 Å². The van der Waals surface area contributed by atoms with Gasteiger partial charge >= 0.3 is 5.97 Å². The average Bonchev–Trinajstić information content (AvgIpc) is 2.85. The number of aromatic nitrogens is 2. The molecule has 100 valence electrons. The number of imidazole rings is 1. The van der Waals surface area contributed by atoms with Gasteiger partial charge in [0.15, 0.2) is 5.16 Å². The monoisotopic (exact) mass is 278 g/mol. The predicted molar refractivity (Wildman–Crippen MR) is 72.6 cm³/mol. The number of hydrogen-bond donors (Lipinski definition) is 1. The molecule has 2 aromatic rings. The molecule has 0 fully saturated rings. The Labute approximate surface area is 115 Å². The third-order valence-electron chi connectivity index (χ3n) is 2.48. The molecule has 0 bridgehead atoms. The van der Waals surface area contributed by atoms with Crippen molar-refractivity contribution in [3.8, 4) is 5.69 Å². The third-order valence-corrected chi connectivity index (χ3v) is 3.43. The molecule has 2 rings (SSSR count). The molecule has 0 aliphatic rings. The molecule has 0 aliphatic heterocycles. The summed E-state index contributed by atoms with van der Waals surface area (Å²) in [5.74, 6) is -0.867. The van der Waals surface area contributed by atoms with E-state index in [-0.39, 0.29) is 5.75 Å². The van der Waals surface area contributed by atoms with Gasteiger partial charge in [0, 0.05) is 25.1 Å². The summed E-state index contributed by atoms with van der Waals surface area (Å²) in [7, 11) is 1.64. The van der Waals surface area contributed by atoms with Crippen molar-refractivity contribution in [2.45, 2.75) is 11.8 Å². The van der Waals surface area contributed by atoms with Crippen LogP contribution in [-0.2, 0) is 16.1 Å². The minimum absolute atomic E-state index is 0.0105. The number of ether oxygens (including phenoxy) is 1. The van der Waals surface area contributed by atoms with Gasteiger partial charge in [-0.3, -0.25) is 9.36 Å². The Kier molecular flexibility index (Phi) is 4.59. The summed E-state index contributed by atoms with van der Waals surface area (Å²) in [6.07, 6.45) is 3.48. The lowest BCUT2D eigenvalue weighted by atomic mass is 10.2. The number of nitrogens with zero attached hydrogens (tertiary/aromatic N) is 2. The fourth-order valence-electron chi connectivity index (χ4n) is 1.73. The second-order valence-corrected chi connectivity index (χ2v) is 4.77. The summed E-state index contributed by atoms with van der Waals surface area (Å²) in [6.45, 7) is 0.497. The SMILES string of the molecule is COCc1ccccc1-n1ccnc1SCC(=O)O. The molecule has 0 unspecified atom stereocenters. The highest BCUT2D eigenvalue weighted by atomic mass is 32.2. The fourth-order valence-corrected chi connectivity index (χ4v) is 2.42. The summed E-state index contributed by atoms with van der Waals surface area (Å²) in [5, 5.41) is 9.39. The molecule has 0 saturated carbocycles. The second-order valence-electron chi connectivity index (χ2n) is 3.82. The van der Waals surface area contributed by atoms with Crippen molar-refractivity contribution < 1.29 is 14.6 Å². The van der Waals surface area contributed by atoms with Crippen LogP contribution in [0.2, 0.25) is 0 Å². The summed E-state index contributed by atoms with van der Waals surface area (Å²) < 4.78 is 7.05. The number of para-hydroxylation sites is 1. The average molecular weight is 278 g/mol. The molecular formula is C13H14N2O3S. The molecule has 1 N–H and O–H groups in total. The van der Waals surface area contributed by atoms with E-state index in [0.29, 0.717) is 11.8 Å². The van der Waals surface area contributed by atoms with Gasteiger partial charge in [-0.15, -0.1) is 0 Å². The number of thioether (sulfide) groups is 1. The van der Waals surface area contributed by atoms with Gasteiger partial charge < -0.3 is 9.84 Å². The molecule has 19 heavy (non-hydrogen) atoms. The number of carboxylic acids is 1. The molecular weight excluding hydrogens is 264 g/mol. The van der Waals surface area contributed by atoms with Crippen LogP contribution in [0, 0.1) is 0 Å². The molecule has 1 heterocycles. The van der Waals surface area contributed by atoms with Crippen molar-refractivity contribution in [3.63, 3.8) is 0 Å². The van der Waals surface area contributed by atoms with E-state index < -0.39 is 5.97 Å². The topological polar surface area (TPSA) is 64.4 Å². The first-order chi connectivity index (χ1) is 9.22. The Morgan fingerprint density at radius 1 is 1.47 bits per heavy atom. The molecule has 0 aliphatic carbocycles. The van der Waals surface area contributed by atoms with Crippen LogP contribution < -0.4 is 0 Å². The van der Waals surface area contributed by atoms with Gasteiger partial charge in [-0.25, -0.2) is 4.98 Å². The zero-order chi connectivity index (χ0) is 13.7. The van der Waals surface area contributed by atoms with Crippen LogP contribution in [0.15, 0.2) is 41.8 Å². The first-order valence-corrected chi connectivity index (χ1v) is 6.66. The van der Waals surface area contributed by atoms with Gasteiger partial charge in [0.05, 0.1) is 18.0 Å². The Morgan fingerprint density at radius 3 is 3.00 bits per heavy atom. The third kappa shape index (κ3) is 3.36. The minimum Gasteiger partial charge on any atom is -0.481 e. The van der Waals surface area contributed by atoms with Gasteiger partial charge in [0.25, 0.3) is 0 Å². The van der Waals surface area contributed by atoms with Crippen LogP contribution in [0.3, 0.4) is 0 Å². The van der Waals surface area contributed by atoms with E-state index in [0.717, 1.165) is 11.3 Å². The van der Waals surface area contributed by atoms with E-state index in [4.69, 9.17) is 9.84 Å². The lowest BCUT2D eigenvalue weighted by Crippen LogP contribution is -2.03. The fraction of sp³-hybridized carbons (Fsp3) is 0.231. The zero-order valence-corrected chi connectivity index (χ0v) is 11.3. The van der Waals surface area contributed by atoms with Crippen molar-refractivity contribution in [2.75, 3.05) is 12.9 Å². The first kappa shape index (κ1) is 13.6. The van der Waals surface area contributed by atoms with Gasteiger partial charge in [-0.1, -0.05) is 30.0 Å². The summed E-state index contributed by atoms with van der Waals surface area (Å²) in [6, 6.07) is 7.81. The molecule has 0 amide bonds. The number of methoxy groups -OCH3 is 1. The van der Waals surface area contributed by atoms with Crippen molar-refractivity contribution in [1.29, 1.82) is 0 Å². The number of carboxylic acid groups (broad SMARTS) is 1. The normalized spacial score (nSPS) is 10.6. The van der Waals surface area contributed by atoms with Gasteiger partial charge in [-0.2, -0.15) is 0 Å². The van der Waals surface area contributed by atoms with Crippen molar-refractivity contribution in [1.82, 2.24) is 9.55 Å². The van der Waals surface area contributed by atoms with E-state index in [1.54, 1.807) is 13.3 Å². The number of aliphatic carboxylic acids is 1. The van der Waals surface area contributed by atoms with Crippen molar-refractivity contribution >= 4 is 17.7 Å². The largest absolute Gasteiger partial charge is 0.481 e. The molecule has 0 radical (unpaired) electrons. The van der Waals surface area contributed by atoms with Crippen LogP contribution in [0.5, 0.6) is 0 Å². The Balaban J connectivity index is 2.31. The zero-order valence-electron chi connectivity index (χ0n) is 10.4. The summed E-state index contributed by atoms with van der Waals surface area (Å²) in [5.41, 5.74) is 1.98. The molecule has 1 aromatic heterocycles. The predicted octanol–water partition coefficient (Wildman–Crippen LogP) is 2.20. The molecule has 0 spiro atoms. The lowest BCUT2D eigenvalue weighted by Gasteiger charge is -2.11. The van der Waals surface area contributed by atoms with Crippen molar-refractivity contribution in [3.05, 3.63) is 42.2 Å². The number of benzene rings is 1. The smallest absolute Gasteiger partial charge is 0.313 e. The molecule has 6 heteroatoms. The molecule has 5 nitrogen and oxygen atoms in total. The van der Waals surface area contributed by atoms with Crippen LogP contribution in [-0.4, -0.2) is 33.5 Å². The Hall–Kier alpha value is -1.79. The van der Waals surface area contributed by atoms with Crippen LogP contribution in [0.4, 0.5) is 0 Å².